The van der Waals surface area contributed by atoms with Gasteiger partial charge in [-0.05, 0) is 68.7 Å². The molecule has 0 radical (unpaired) electrons. The molecular formula is C59H57NO12SSi. The number of hydrogen-bond acceptors (Lipinski definition) is 10. The second-order valence-corrected chi connectivity index (χ2v) is 23.5. The maximum absolute atomic E-state index is 12.3. The average Bonchev–Trinajstić information content (AvgIpc) is 3.78. The number of benzene rings is 4. The maximum atomic E-state index is 12.3. The molecule has 0 saturated carbocycles. The number of terminal acetylenes is 1. The smallest absolute Gasteiger partial charge is 0.382 e. The fourth-order valence-corrected chi connectivity index (χ4v) is 6.11. The molecule has 0 bridgehead atoms. The highest BCUT2D eigenvalue weighted by atomic mass is 32.1. The minimum atomic E-state index is -1.46. The molecule has 0 spiro atoms. The number of rotatable bonds is 3. The number of methoxy groups -OCH3 is 1. The monoisotopic (exact) mass is 1030 g/mol. The van der Waals surface area contributed by atoms with Crippen LogP contribution in [0.4, 0.5) is 5.00 Å². The van der Waals surface area contributed by atoms with Crippen LogP contribution < -0.4 is 10.9 Å². The van der Waals surface area contributed by atoms with Crippen LogP contribution in [0.3, 0.4) is 0 Å². The van der Waals surface area contributed by atoms with Crippen molar-refractivity contribution < 1.29 is 53.2 Å². The van der Waals surface area contributed by atoms with Gasteiger partial charge in [-0.2, -0.15) is 0 Å². The molecule has 1 amide bonds. The molecule has 0 atom stereocenters. The Morgan fingerprint density at radius 1 is 0.676 bits per heavy atom. The van der Waals surface area contributed by atoms with Crippen LogP contribution in [0, 0.1) is 70.2 Å². The molecule has 13 nitrogen and oxygen atoms in total. The number of carboxylic acids is 3. The molecule has 2 heterocycles. The first kappa shape index (κ1) is 62.8. The van der Waals surface area contributed by atoms with Gasteiger partial charge in [0.1, 0.15) is 24.0 Å². The number of nitrogens with one attached hydrogen (secondary N) is 1. The van der Waals surface area contributed by atoms with Crippen molar-refractivity contribution in [3.63, 3.8) is 0 Å². The largest absolute Gasteiger partial charge is 0.472 e. The summed E-state index contributed by atoms with van der Waals surface area (Å²) in [6.45, 7) is 17.6. The third-order valence-corrected chi connectivity index (χ3v) is 9.87. The standard InChI is InChI=1S/C20H11NO3S.C11H18O.C10H10O2.C9H6O2.C6H10O2Si.C3H2O2/c22-17(11-10-13-6-2-1-3-7-13)21-19-18-15(12-25-19)14-8-4-5-9-16(14)24-20(18)23;1-10(2,3)8-7-9(12)11(4,5)6;1-12-10(11)8-7-9-5-3-2-4-6-9;10-9(11)7-6-8-4-2-1-3-5-8;1-9(2,3)5-4-6(7)8;1-2-3(4)5/h1-9,12H,(H,21,22);1-6H3;2-8H,1H3;1-5H,(H,10,11);1-3H3,(H,7,8);1H,(H,4,5)/b;;8-7+;;;. The van der Waals surface area contributed by atoms with E-state index in [0.29, 0.717) is 16.0 Å². The van der Waals surface area contributed by atoms with E-state index >= 15 is 0 Å². The summed E-state index contributed by atoms with van der Waals surface area (Å²) in [7, 11) is -0.103. The molecule has 4 N–H and O–H groups in total. The van der Waals surface area contributed by atoms with Crippen molar-refractivity contribution in [3.05, 3.63) is 154 Å². The molecule has 0 aliphatic rings. The Bertz CT molecular complexity index is 3260. The van der Waals surface area contributed by atoms with Crippen molar-refractivity contribution in [2.75, 3.05) is 12.4 Å². The van der Waals surface area contributed by atoms with E-state index in [9.17, 15) is 28.8 Å². The summed E-state index contributed by atoms with van der Waals surface area (Å²) >= 11 is 1.28. The van der Waals surface area contributed by atoms with E-state index in [4.69, 9.17) is 24.5 Å². The highest BCUT2D eigenvalue weighted by Crippen LogP contribution is 2.33. The molecule has 74 heavy (non-hydrogen) atoms. The van der Waals surface area contributed by atoms with E-state index in [0.717, 1.165) is 27.5 Å². The van der Waals surface area contributed by atoms with Gasteiger partial charge in [0.05, 0.1) is 7.11 Å². The van der Waals surface area contributed by atoms with Gasteiger partial charge in [-0.3, -0.25) is 9.59 Å². The highest BCUT2D eigenvalue weighted by molar-refractivity contribution is 7.16. The zero-order valence-corrected chi connectivity index (χ0v) is 44.5. The molecule has 0 fully saturated rings. The van der Waals surface area contributed by atoms with Gasteiger partial charge >= 0.3 is 35.4 Å². The van der Waals surface area contributed by atoms with Crippen molar-refractivity contribution in [1.82, 2.24) is 0 Å². The first-order chi connectivity index (χ1) is 34.6. The van der Waals surface area contributed by atoms with Crippen LogP contribution >= 0.6 is 11.3 Å². The Hall–Kier alpha value is -9.17. The maximum Gasteiger partial charge on any atom is 0.382 e. The van der Waals surface area contributed by atoms with Crippen molar-refractivity contribution in [2.45, 2.75) is 61.2 Å². The second-order valence-electron chi connectivity index (χ2n) is 17.8. The number of fused-ring (bicyclic) bond motifs is 3. The van der Waals surface area contributed by atoms with Gasteiger partial charge in [0.2, 0.25) is 5.78 Å². The molecule has 0 saturated heterocycles. The number of thiophene rings is 1. The average molecular weight is 1030 g/mol. The lowest BCUT2D eigenvalue weighted by Gasteiger charge is -2.12. The van der Waals surface area contributed by atoms with E-state index in [1.807, 2.05) is 170 Å². The minimum Gasteiger partial charge on any atom is -0.472 e. The molecule has 0 aliphatic heterocycles. The van der Waals surface area contributed by atoms with Crippen molar-refractivity contribution in [2.24, 2.45) is 10.8 Å². The SMILES string of the molecule is C#CC(=O)O.CC(C)(C)C#CC(=O)C(C)(C)C.COC(=O)/C=C/c1ccccc1.C[Si](C)(C)C#CC(=O)O.O=C(C#Cc1ccccc1)Nc1scc2c1c(=O)oc1ccccc12.O=C(O)C#Cc1ccccc1. The van der Waals surface area contributed by atoms with Gasteiger partial charge < -0.3 is 29.8 Å². The summed E-state index contributed by atoms with van der Waals surface area (Å²) in [5.41, 5.74) is 4.81. The fourth-order valence-electron chi connectivity index (χ4n) is 4.68. The van der Waals surface area contributed by atoms with Crippen LogP contribution in [0.1, 0.15) is 58.2 Å². The molecule has 0 aliphatic carbocycles. The normalized spacial score (nSPS) is 9.80. The number of para-hydroxylation sites is 1. The lowest BCUT2D eigenvalue weighted by atomic mass is 9.89. The van der Waals surface area contributed by atoms with Gasteiger partial charge in [0.25, 0.3) is 0 Å². The number of carbonyl (C=O) groups is 6. The molecule has 15 heteroatoms. The van der Waals surface area contributed by atoms with E-state index in [1.54, 1.807) is 24.3 Å². The van der Waals surface area contributed by atoms with Crippen LogP contribution in [0.5, 0.6) is 0 Å². The van der Waals surface area contributed by atoms with Crippen molar-refractivity contribution in [1.29, 1.82) is 0 Å². The minimum absolute atomic E-state index is 0.0115. The van der Waals surface area contributed by atoms with Crippen LogP contribution in [0.25, 0.3) is 27.8 Å². The van der Waals surface area contributed by atoms with E-state index in [1.165, 1.54) is 30.4 Å². The number of anilines is 1. The number of carboxylic acid groups (broad SMARTS) is 3. The number of Topliss-reactive ketones (excluding diaryl/α,β-unsaturated/α-hetero) is 1. The number of amides is 1. The summed E-state index contributed by atoms with van der Waals surface area (Å²) in [5.74, 6) is 14.9. The number of ketones is 1. The molecular weight excluding hydrogens is 975 g/mol. The third-order valence-electron chi connectivity index (χ3n) is 8.10. The van der Waals surface area contributed by atoms with Crippen molar-refractivity contribution >= 4 is 87.8 Å². The van der Waals surface area contributed by atoms with Gasteiger partial charge in [-0.25, -0.2) is 24.0 Å². The lowest BCUT2D eigenvalue weighted by Crippen LogP contribution is -2.18. The Kier molecular flexibility index (Phi) is 27.1. The molecule has 0 unspecified atom stereocenters. The number of aliphatic carboxylic acids is 3. The molecule has 6 rings (SSSR count). The second kappa shape index (κ2) is 31.9. The topological polar surface area (TPSA) is 215 Å². The number of esters is 1. The number of carbonyl (C=O) groups excluding carboxylic acids is 3. The first-order valence-electron chi connectivity index (χ1n) is 22.1. The number of hydrogen-bond donors (Lipinski definition) is 4. The Balaban J connectivity index is 0.000000480. The van der Waals surface area contributed by atoms with Crippen LogP contribution in [-0.2, 0) is 33.5 Å². The Labute approximate surface area is 436 Å². The van der Waals surface area contributed by atoms with Crippen LogP contribution in [-0.4, -0.2) is 66.1 Å². The van der Waals surface area contributed by atoms with E-state index in [2.05, 4.69) is 57.5 Å². The fraction of sp³-hybridized carbons (Fsp3) is 0.203. The molecule has 380 valence electrons. The molecule has 6 aromatic rings. The van der Waals surface area contributed by atoms with Crippen LogP contribution in [0.2, 0.25) is 19.6 Å². The molecule has 4 aromatic carbocycles. The quantitative estimate of drug-likeness (QED) is 0.0325. The Morgan fingerprint density at radius 2 is 1.16 bits per heavy atom. The summed E-state index contributed by atoms with van der Waals surface area (Å²) < 4.78 is 9.79. The van der Waals surface area contributed by atoms with Gasteiger partial charge in [0, 0.05) is 67.9 Å². The van der Waals surface area contributed by atoms with Gasteiger partial charge in [-0.1, -0.05) is 143 Å². The zero-order valence-electron chi connectivity index (χ0n) is 42.7. The summed E-state index contributed by atoms with van der Waals surface area (Å²) in [4.78, 5) is 75.4. The lowest BCUT2D eigenvalue weighted by molar-refractivity contribution is -0.135. The summed E-state index contributed by atoms with van der Waals surface area (Å²) in [6, 6.07) is 35.1. The van der Waals surface area contributed by atoms with E-state index in [-0.39, 0.29) is 22.6 Å². The Morgan fingerprint density at radius 3 is 1.61 bits per heavy atom. The van der Waals surface area contributed by atoms with Crippen LogP contribution in [0.15, 0.2) is 136 Å². The summed E-state index contributed by atoms with van der Waals surface area (Å²) in [6.07, 6.45) is 7.43. The van der Waals surface area contributed by atoms with E-state index < -0.39 is 37.5 Å². The first-order valence-corrected chi connectivity index (χ1v) is 26.5. The predicted octanol–water partition coefficient (Wildman–Crippen LogP) is 10.3. The number of ether oxygens (including phenoxy) is 1. The van der Waals surface area contributed by atoms with Gasteiger partial charge in [0.15, 0.2) is 0 Å². The van der Waals surface area contributed by atoms with Crippen molar-refractivity contribution in [3.8, 4) is 59.3 Å². The zero-order chi connectivity index (χ0) is 55.9. The predicted molar refractivity (Wildman–Crippen MR) is 295 cm³/mol. The van der Waals surface area contributed by atoms with Gasteiger partial charge in [-0.15, -0.1) is 23.3 Å². The molecule has 2 aromatic heterocycles. The third kappa shape index (κ3) is 28.5. The summed E-state index contributed by atoms with van der Waals surface area (Å²) in [5, 5.41) is 30.8. The highest BCUT2D eigenvalue weighted by Gasteiger charge is 2.19.